The van der Waals surface area contributed by atoms with E-state index in [-0.39, 0.29) is 0 Å². The highest BCUT2D eigenvalue weighted by Gasteiger charge is 2.31. The fourth-order valence-electron chi connectivity index (χ4n) is 2.17. The summed E-state index contributed by atoms with van der Waals surface area (Å²) in [5, 5.41) is 6.93. The minimum atomic E-state index is 0.384. The Morgan fingerprint density at radius 2 is 2.07 bits per heavy atom. The van der Waals surface area contributed by atoms with Crippen LogP contribution in [-0.4, -0.2) is 39.9 Å². The predicted molar refractivity (Wildman–Crippen MR) is 59.6 cm³/mol. The summed E-state index contributed by atoms with van der Waals surface area (Å²) in [4.78, 5) is 0. The van der Waals surface area contributed by atoms with E-state index in [2.05, 4.69) is 17.6 Å². The molecule has 0 aliphatic carbocycles. The molecule has 3 nitrogen and oxygen atoms in total. The van der Waals surface area contributed by atoms with Crippen molar-refractivity contribution in [2.75, 3.05) is 39.9 Å². The van der Waals surface area contributed by atoms with Crippen molar-refractivity contribution in [3.8, 4) is 0 Å². The zero-order chi connectivity index (χ0) is 10.3. The molecule has 14 heavy (non-hydrogen) atoms. The smallest absolute Gasteiger partial charge is 0.0531 e. The van der Waals surface area contributed by atoms with Crippen LogP contribution in [0.2, 0.25) is 0 Å². The second-order valence-corrected chi connectivity index (χ2v) is 4.36. The first-order valence-corrected chi connectivity index (χ1v) is 5.73. The molecule has 84 valence electrons. The summed E-state index contributed by atoms with van der Waals surface area (Å²) < 4.78 is 5.35. The summed E-state index contributed by atoms with van der Waals surface area (Å²) in [6, 6.07) is 0. The molecule has 0 atom stereocenters. The lowest BCUT2D eigenvalue weighted by Gasteiger charge is -2.37. The summed E-state index contributed by atoms with van der Waals surface area (Å²) in [5.41, 5.74) is 0.384. The number of piperidine rings is 1. The second-order valence-electron chi connectivity index (χ2n) is 4.36. The van der Waals surface area contributed by atoms with Gasteiger partial charge in [0.05, 0.1) is 6.61 Å². The molecule has 1 fully saturated rings. The molecule has 0 radical (unpaired) electrons. The maximum absolute atomic E-state index is 5.35. The van der Waals surface area contributed by atoms with Gasteiger partial charge in [0.1, 0.15) is 0 Å². The first-order chi connectivity index (χ1) is 6.83. The summed E-state index contributed by atoms with van der Waals surface area (Å²) in [5.74, 6) is 0. The molecule has 0 spiro atoms. The van der Waals surface area contributed by atoms with E-state index in [1.807, 2.05) is 7.11 Å². The molecule has 1 rings (SSSR count). The number of ether oxygens (including phenoxy) is 1. The Kier molecular flexibility index (Phi) is 5.45. The third-order valence-corrected chi connectivity index (χ3v) is 3.04. The average Bonchev–Trinajstić information content (AvgIpc) is 2.20. The van der Waals surface area contributed by atoms with Crippen molar-refractivity contribution in [1.29, 1.82) is 0 Å². The SMILES string of the molecule is CCCNCC1(COC)CCNCC1. The molecule has 0 aromatic rings. The van der Waals surface area contributed by atoms with Crippen molar-refractivity contribution in [3.05, 3.63) is 0 Å². The van der Waals surface area contributed by atoms with Gasteiger partial charge in [-0.15, -0.1) is 0 Å². The maximum atomic E-state index is 5.35. The summed E-state index contributed by atoms with van der Waals surface area (Å²) in [6.45, 7) is 7.60. The predicted octanol–water partition coefficient (Wildman–Crippen LogP) is 1.00. The van der Waals surface area contributed by atoms with Crippen LogP contribution in [0, 0.1) is 5.41 Å². The average molecular weight is 200 g/mol. The van der Waals surface area contributed by atoms with Gasteiger partial charge < -0.3 is 15.4 Å². The van der Waals surface area contributed by atoms with Crippen molar-refractivity contribution >= 4 is 0 Å². The quantitative estimate of drug-likeness (QED) is 0.628. The van der Waals surface area contributed by atoms with Crippen LogP contribution < -0.4 is 10.6 Å². The molecule has 1 aliphatic heterocycles. The highest BCUT2D eigenvalue weighted by atomic mass is 16.5. The normalized spacial score (nSPS) is 21.0. The number of rotatable bonds is 6. The van der Waals surface area contributed by atoms with Gasteiger partial charge in [0.2, 0.25) is 0 Å². The zero-order valence-corrected chi connectivity index (χ0v) is 9.57. The van der Waals surface area contributed by atoms with Gasteiger partial charge in [0.25, 0.3) is 0 Å². The van der Waals surface area contributed by atoms with Crippen LogP contribution in [-0.2, 0) is 4.74 Å². The summed E-state index contributed by atoms with van der Waals surface area (Å²) in [7, 11) is 1.81. The maximum Gasteiger partial charge on any atom is 0.0531 e. The lowest BCUT2D eigenvalue weighted by atomic mass is 9.79. The molecular weight excluding hydrogens is 176 g/mol. The van der Waals surface area contributed by atoms with E-state index in [4.69, 9.17) is 4.74 Å². The molecule has 0 aromatic carbocycles. The molecule has 0 unspecified atom stereocenters. The van der Waals surface area contributed by atoms with E-state index in [1.54, 1.807) is 0 Å². The Bertz CT molecular complexity index is 139. The molecule has 0 aromatic heterocycles. The van der Waals surface area contributed by atoms with Crippen LogP contribution >= 0.6 is 0 Å². The second kappa shape index (κ2) is 6.38. The van der Waals surface area contributed by atoms with E-state index in [1.165, 1.54) is 19.3 Å². The van der Waals surface area contributed by atoms with Crippen molar-refractivity contribution < 1.29 is 4.74 Å². The fraction of sp³-hybridized carbons (Fsp3) is 1.00. The molecule has 2 N–H and O–H groups in total. The third kappa shape index (κ3) is 3.56. The van der Waals surface area contributed by atoms with E-state index in [0.29, 0.717) is 5.41 Å². The van der Waals surface area contributed by atoms with E-state index in [9.17, 15) is 0 Å². The topological polar surface area (TPSA) is 33.3 Å². The van der Waals surface area contributed by atoms with E-state index in [0.717, 1.165) is 32.8 Å². The standard InChI is InChI=1S/C11H24N2O/c1-3-6-13-9-11(10-14-2)4-7-12-8-5-11/h12-13H,3-10H2,1-2H3. The summed E-state index contributed by atoms with van der Waals surface area (Å²) >= 11 is 0. The lowest BCUT2D eigenvalue weighted by Crippen LogP contribution is -2.46. The monoisotopic (exact) mass is 200 g/mol. The number of nitrogens with one attached hydrogen (secondary N) is 2. The van der Waals surface area contributed by atoms with Crippen molar-refractivity contribution in [2.45, 2.75) is 26.2 Å². The fourth-order valence-corrected chi connectivity index (χ4v) is 2.17. The van der Waals surface area contributed by atoms with Gasteiger partial charge >= 0.3 is 0 Å². The van der Waals surface area contributed by atoms with Crippen LogP contribution in [0.1, 0.15) is 26.2 Å². The minimum Gasteiger partial charge on any atom is -0.384 e. The molecule has 0 saturated carbocycles. The van der Waals surface area contributed by atoms with E-state index >= 15 is 0 Å². The van der Waals surface area contributed by atoms with Gasteiger partial charge in [0.15, 0.2) is 0 Å². The molecule has 0 bridgehead atoms. The molecule has 1 aliphatic rings. The van der Waals surface area contributed by atoms with Gasteiger partial charge in [-0.2, -0.15) is 0 Å². The first-order valence-electron chi connectivity index (χ1n) is 5.73. The Labute approximate surface area is 87.6 Å². The molecule has 3 heteroatoms. The van der Waals surface area contributed by atoms with Crippen molar-refractivity contribution in [3.63, 3.8) is 0 Å². The largest absolute Gasteiger partial charge is 0.384 e. The van der Waals surface area contributed by atoms with Crippen LogP contribution in [0.4, 0.5) is 0 Å². The number of hydrogen-bond acceptors (Lipinski definition) is 3. The van der Waals surface area contributed by atoms with Crippen molar-refractivity contribution in [2.24, 2.45) is 5.41 Å². The Morgan fingerprint density at radius 3 is 2.64 bits per heavy atom. The van der Waals surface area contributed by atoms with Crippen LogP contribution in [0.25, 0.3) is 0 Å². The van der Waals surface area contributed by atoms with Gasteiger partial charge in [0, 0.05) is 19.1 Å². The third-order valence-electron chi connectivity index (χ3n) is 3.04. The Hall–Kier alpha value is -0.120. The first kappa shape index (κ1) is 12.0. The molecular formula is C11H24N2O. The van der Waals surface area contributed by atoms with E-state index < -0.39 is 0 Å². The lowest BCUT2D eigenvalue weighted by molar-refractivity contribution is 0.0538. The Balaban J connectivity index is 2.34. The molecule has 1 saturated heterocycles. The van der Waals surface area contributed by atoms with Crippen LogP contribution in [0.15, 0.2) is 0 Å². The highest BCUT2D eigenvalue weighted by molar-refractivity contribution is 4.86. The van der Waals surface area contributed by atoms with Gasteiger partial charge in [-0.3, -0.25) is 0 Å². The van der Waals surface area contributed by atoms with Gasteiger partial charge in [-0.05, 0) is 38.9 Å². The van der Waals surface area contributed by atoms with Crippen molar-refractivity contribution in [1.82, 2.24) is 10.6 Å². The zero-order valence-electron chi connectivity index (χ0n) is 9.57. The van der Waals surface area contributed by atoms with Gasteiger partial charge in [-0.25, -0.2) is 0 Å². The molecule has 1 heterocycles. The van der Waals surface area contributed by atoms with Crippen LogP contribution in [0.5, 0.6) is 0 Å². The minimum absolute atomic E-state index is 0.384. The Morgan fingerprint density at radius 1 is 1.36 bits per heavy atom. The van der Waals surface area contributed by atoms with Gasteiger partial charge in [-0.1, -0.05) is 6.92 Å². The van der Waals surface area contributed by atoms with Crippen LogP contribution in [0.3, 0.4) is 0 Å². The summed E-state index contributed by atoms with van der Waals surface area (Å²) in [6.07, 6.45) is 3.68. The number of hydrogen-bond donors (Lipinski definition) is 2. The molecule has 0 amide bonds. The highest BCUT2D eigenvalue weighted by Crippen LogP contribution is 2.28. The number of methoxy groups -OCH3 is 1.